The lowest BCUT2D eigenvalue weighted by atomic mass is 10.1. The minimum absolute atomic E-state index is 0.611. The van der Waals surface area contributed by atoms with Crippen LogP contribution in [0, 0.1) is 0 Å². The third kappa shape index (κ3) is 4.46. The molecule has 3 nitrogen and oxygen atoms in total. The predicted molar refractivity (Wildman–Crippen MR) is 87.6 cm³/mol. The third-order valence-corrected chi connectivity index (χ3v) is 3.73. The zero-order valence-corrected chi connectivity index (χ0v) is 13.0. The van der Waals surface area contributed by atoms with Crippen LogP contribution in [0.3, 0.4) is 0 Å². The average molecular weight is 305 g/mol. The fourth-order valence-electron chi connectivity index (χ4n) is 2.35. The summed E-state index contributed by atoms with van der Waals surface area (Å²) in [5.74, 6) is 0.817. The van der Waals surface area contributed by atoms with E-state index in [1.54, 1.807) is 7.11 Å². The Morgan fingerprint density at radius 3 is 2.48 bits per heavy atom. The normalized spacial score (nSPS) is 10.9. The minimum atomic E-state index is 0.611. The SMILES string of the molecule is COc1cccc(Cl)c1CN(CCN)Cc1ccccc1. The van der Waals surface area contributed by atoms with E-state index >= 15 is 0 Å². The monoisotopic (exact) mass is 304 g/mol. The van der Waals surface area contributed by atoms with Crippen molar-refractivity contribution in [3.8, 4) is 5.75 Å². The van der Waals surface area contributed by atoms with Crippen LogP contribution in [0.25, 0.3) is 0 Å². The topological polar surface area (TPSA) is 38.5 Å². The van der Waals surface area contributed by atoms with Gasteiger partial charge in [0.05, 0.1) is 7.11 Å². The second-order valence-electron chi connectivity index (χ2n) is 4.91. The van der Waals surface area contributed by atoms with Crippen LogP contribution in [0.4, 0.5) is 0 Å². The number of nitrogens with zero attached hydrogens (tertiary/aromatic N) is 1. The van der Waals surface area contributed by atoms with E-state index in [2.05, 4.69) is 17.0 Å². The molecule has 2 aromatic carbocycles. The first-order valence-corrected chi connectivity index (χ1v) is 7.40. The first-order valence-electron chi connectivity index (χ1n) is 7.02. The quantitative estimate of drug-likeness (QED) is 0.853. The van der Waals surface area contributed by atoms with Gasteiger partial charge in [-0.15, -0.1) is 0 Å². The van der Waals surface area contributed by atoms with Gasteiger partial charge >= 0.3 is 0 Å². The summed E-state index contributed by atoms with van der Waals surface area (Å²) in [6.45, 7) is 2.98. The summed E-state index contributed by atoms with van der Waals surface area (Å²) in [6.07, 6.45) is 0. The molecule has 0 aliphatic heterocycles. The highest BCUT2D eigenvalue weighted by Crippen LogP contribution is 2.28. The summed E-state index contributed by atoms with van der Waals surface area (Å²) in [6, 6.07) is 16.1. The van der Waals surface area contributed by atoms with Gasteiger partial charge in [0, 0.05) is 36.8 Å². The largest absolute Gasteiger partial charge is 0.496 e. The van der Waals surface area contributed by atoms with Crippen molar-refractivity contribution < 1.29 is 4.74 Å². The molecule has 0 radical (unpaired) electrons. The molecule has 0 aromatic heterocycles. The van der Waals surface area contributed by atoms with Crippen molar-refractivity contribution in [2.24, 2.45) is 5.73 Å². The van der Waals surface area contributed by atoms with Crippen LogP contribution in [-0.4, -0.2) is 25.1 Å². The molecule has 0 spiro atoms. The lowest BCUT2D eigenvalue weighted by molar-refractivity contribution is 0.259. The molecule has 21 heavy (non-hydrogen) atoms. The van der Waals surface area contributed by atoms with Gasteiger partial charge in [0.25, 0.3) is 0 Å². The second kappa shape index (κ2) is 8.03. The van der Waals surface area contributed by atoms with Gasteiger partial charge in [-0.25, -0.2) is 0 Å². The van der Waals surface area contributed by atoms with Crippen LogP contribution >= 0.6 is 11.6 Å². The molecule has 2 N–H and O–H groups in total. The molecule has 0 saturated carbocycles. The summed E-state index contributed by atoms with van der Waals surface area (Å²) in [5.41, 5.74) is 8.01. The van der Waals surface area contributed by atoms with Crippen molar-refractivity contribution in [1.29, 1.82) is 0 Å². The van der Waals surface area contributed by atoms with E-state index in [0.29, 0.717) is 6.54 Å². The Hall–Kier alpha value is -1.55. The van der Waals surface area contributed by atoms with Crippen molar-refractivity contribution >= 4 is 11.6 Å². The van der Waals surface area contributed by atoms with E-state index in [-0.39, 0.29) is 0 Å². The molecule has 2 aromatic rings. The fraction of sp³-hybridized carbons (Fsp3) is 0.294. The van der Waals surface area contributed by atoms with Crippen LogP contribution in [0.15, 0.2) is 48.5 Å². The van der Waals surface area contributed by atoms with E-state index in [1.807, 2.05) is 36.4 Å². The number of ether oxygens (including phenoxy) is 1. The van der Waals surface area contributed by atoms with Gasteiger partial charge in [0.15, 0.2) is 0 Å². The number of methoxy groups -OCH3 is 1. The summed E-state index contributed by atoms with van der Waals surface area (Å²) in [7, 11) is 1.67. The molecule has 4 heteroatoms. The molecule has 112 valence electrons. The maximum absolute atomic E-state index is 6.32. The van der Waals surface area contributed by atoms with Crippen LogP contribution in [-0.2, 0) is 13.1 Å². The number of hydrogen-bond donors (Lipinski definition) is 1. The molecular weight excluding hydrogens is 284 g/mol. The molecule has 0 heterocycles. The van der Waals surface area contributed by atoms with E-state index in [0.717, 1.165) is 36.0 Å². The summed E-state index contributed by atoms with van der Waals surface area (Å²) >= 11 is 6.32. The van der Waals surface area contributed by atoms with Gasteiger partial charge in [0.2, 0.25) is 0 Å². The fourth-order valence-corrected chi connectivity index (χ4v) is 2.57. The van der Waals surface area contributed by atoms with E-state index in [9.17, 15) is 0 Å². The van der Waals surface area contributed by atoms with Gasteiger partial charge in [-0.1, -0.05) is 48.0 Å². The first kappa shape index (κ1) is 15.8. The molecule has 0 bridgehead atoms. The molecule has 2 rings (SSSR count). The van der Waals surface area contributed by atoms with Gasteiger partial charge in [-0.05, 0) is 17.7 Å². The average Bonchev–Trinajstić information content (AvgIpc) is 2.50. The molecule has 0 atom stereocenters. The van der Waals surface area contributed by atoms with Crippen molar-refractivity contribution in [1.82, 2.24) is 4.90 Å². The Morgan fingerprint density at radius 1 is 1.05 bits per heavy atom. The number of benzene rings is 2. The number of halogens is 1. The Morgan fingerprint density at radius 2 is 1.81 bits per heavy atom. The van der Waals surface area contributed by atoms with Crippen LogP contribution < -0.4 is 10.5 Å². The summed E-state index contributed by atoms with van der Waals surface area (Å²) < 4.78 is 5.41. The molecular formula is C17H21ClN2O. The van der Waals surface area contributed by atoms with E-state index in [1.165, 1.54) is 5.56 Å². The minimum Gasteiger partial charge on any atom is -0.496 e. The van der Waals surface area contributed by atoms with Crippen LogP contribution in [0.2, 0.25) is 5.02 Å². The Labute approximate surface area is 131 Å². The lowest BCUT2D eigenvalue weighted by Gasteiger charge is -2.23. The number of nitrogens with two attached hydrogens (primary N) is 1. The van der Waals surface area contributed by atoms with Crippen LogP contribution in [0.1, 0.15) is 11.1 Å². The zero-order chi connectivity index (χ0) is 15.1. The summed E-state index contributed by atoms with van der Waals surface area (Å²) in [4.78, 5) is 2.28. The van der Waals surface area contributed by atoms with Crippen molar-refractivity contribution in [2.75, 3.05) is 20.2 Å². The molecule has 0 aliphatic carbocycles. The van der Waals surface area contributed by atoms with Gasteiger partial charge in [-0.2, -0.15) is 0 Å². The standard InChI is InChI=1S/C17H21ClN2O/c1-21-17-9-5-8-16(18)15(17)13-20(11-10-19)12-14-6-3-2-4-7-14/h2-9H,10-13,19H2,1H3. The molecule has 0 amide bonds. The van der Waals surface area contributed by atoms with Crippen molar-refractivity contribution in [3.63, 3.8) is 0 Å². The van der Waals surface area contributed by atoms with E-state index in [4.69, 9.17) is 22.1 Å². The first-order chi connectivity index (χ1) is 10.2. The Balaban J connectivity index is 2.16. The maximum atomic E-state index is 6.32. The second-order valence-corrected chi connectivity index (χ2v) is 5.31. The molecule has 0 aliphatic rings. The maximum Gasteiger partial charge on any atom is 0.124 e. The molecule has 0 unspecified atom stereocenters. The highest BCUT2D eigenvalue weighted by atomic mass is 35.5. The van der Waals surface area contributed by atoms with Gasteiger partial charge in [0.1, 0.15) is 5.75 Å². The number of hydrogen-bond acceptors (Lipinski definition) is 3. The predicted octanol–water partition coefficient (Wildman–Crippen LogP) is 3.31. The zero-order valence-electron chi connectivity index (χ0n) is 12.3. The smallest absolute Gasteiger partial charge is 0.124 e. The summed E-state index contributed by atoms with van der Waals surface area (Å²) in [5, 5.41) is 0.726. The highest BCUT2D eigenvalue weighted by Gasteiger charge is 2.13. The van der Waals surface area contributed by atoms with Gasteiger partial charge < -0.3 is 10.5 Å². The molecule has 0 fully saturated rings. The van der Waals surface area contributed by atoms with Crippen LogP contribution in [0.5, 0.6) is 5.75 Å². The highest BCUT2D eigenvalue weighted by molar-refractivity contribution is 6.31. The van der Waals surface area contributed by atoms with Gasteiger partial charge in [-0.3, -0.25) is 4.90 Å². The molecule has 0 saturated heterocycles. The third-order valence-electron chi connectivity index (χ3n) is 3.37. The lowest BCUT2D eigenvalue weighted by Crippen LogP contribution is -2.29. The Kier molecular flexibility index (Phi) is 6.05. The van der Waals surface area contributed by atoms with Crippen molar-refractivity contribution in [3.05, 3.63) is 64.7 Å². The van der Waals surface area contributed by atoms with Crippen molar-refractivity contribution in [2.45, 2.75) is 13.1 Å². The Bertz CT molecular complexity index is 560. The van der Waals surface area contributed by atoms with E-state index < -0.39 is 0 Å². The number of rotatable bonds is 7.